The average Bonchev–Trinajstić information content (AvgIpc) is 3.09. The Morgan fingerprint density at radius 3 is 2.52 bits per heavy atom. The molecule has 5 heteroatoms. The molecule has 5 nitrogen and oxygen atoms in total. The predicted octanol–water partition coefficient (Wildman–Crippen LogP) is 2.62. The molecule has 0 amide bonds. The maximum Gasteiger partial charge on any atom is 0.161 e. The second kappa shape index (κ2) is 4.94. The molecule has 21 heavy (non-hydrogen) atoms. The summed E-state index contributed by atoms with van der Waals surface area (Å²) >= 11 is 0. The van der Waals surface area contributed by atoms with Crippen LogP contribution in [0.25, 0.3) is 5.69 Å². The van der Waals surface area contributed by atoms with E-state index in [4.69, 9.17) is 4.74 Å². The molecule has 104 valence electrons. The van der Waals surface area contributed by atoms with Gasteiger partial charge in [-0.05, 0) is 30.3 Å². The highest BCUT2D eigenvalue weighted by molar-refractivity contribution is 5.52. The van der Waals surface area contributed by atoms with Gasteiger partial charge in [0.1, 0.15) is 18.4 Å². The van der Waals surface area contributed by atoms with Crippen molar-refractivity contribution in [2.45, 2.75) is 6.54 Å². The van der Waals surface area contributed by atoms with Crippen molar-refractivity contribution in [3.8, 4) is 11.4 Å². The molecule has 0 saturated carbocycles. The molecule has 0 spiro atoms. The first-order chi connectivity index (χ1) is 10.4. The van der Waals surface area contributed by atoms with Gasteiger partial charge in [0.25, 0.3) is 0 Å². The summed E-state index contributed by atoms with van der Waals surface area (Å²) in [5.74, 6) is 0.944. The van der Waals surface area contributed by atoms with E-state index in [1.165, 1.54) is 0 Å². The number of hydrogen-bond acceptors (Lipinski definition) is 4. The van der Waals surface area contributed by atoms with Gasteiger partial charge < -0.3 is 9.64 Å². The van der Waals surface area contributed by atoms with E-state index in [2.05, 4.69) is 33.3 Å². The fourth-order valence-corrected chi connectivity index (χ4v) is 2.53. The van der Waals surface area contributed by atoms with Crippen LogP contribution < -0.4 is 9.64 Å². The first-order valence-electron chi connectivity index (χ1n) is 6.81. The highest BCUT2D eigenvalue weighted by Crippen LogP contribution is 2.29. The van der Waals surface area contributed by atoms with E-state index >= 15 is 0 Å². The minimum Gasteiger partial charge on any atom is -0.473 e. The van der Waals surface area contributed by atoms with Crippen LogP contribution in [0.2, 0.25) is 0 Å². The van der Waals surface area contributed by atoms with Crippen LogP contribution in [-0.2, 0) is 6.54 Å². The van der Waals surface area contributed by atoms with Gasteiger partial charge in [-0.3, -0.25) is 4.57 Å². The van der Waals surface area contributed by atoms with Gasteiger partial charge in [0.15, 0.2) is 6.73 Å². The summed E-state index contributed by atoms with van der Waals surface area (Å²) in [6.45, 7) is 1.40. The standard InChI is InChI=1S/C16H14N4O/c1-2-4-14(5-3-1)19-9-13-8-15(20-10-17-18-11-20)6-7-16(13)21-12-19/h1-8,10-11H,9,12H2. The number of ether oxygens (including phenoxy) is 1. The van der Waals surface area contributed by atoms with Crippen molar-refractivity contribution in [3.05, 3.63) is 66.7 Å². The van der Waals surface area contributed by atoms with Crippen LogP contribution in [0.15, 0.2) is 61.2 Å². The molecular formula is C16H14N4O. The molecular weight excluding hydrogens is 264 g/mol. The van der Waals surface area contributed by atoms with Crippen molar-refractivity contribution in [1.29, 1.82) is 0 Å². The number of fused-ring (bicyclic) bond motifs is 1. The molecule has 1 aliphatic heterocycles. The molecule has 4 rings (SSSR count). The Bertz CT molecular complexity index is 740. The minimum absolute atomic E-state index is 0.572. The van der Waals surface area contributed by atoms with Crippen molar-refractivity contribution >= 4 is 5.69 Å². The minimum atomic E-state index is 0.572. The van der Waals surface area contributed by atoms with Crippen LogP contribution in [0, 0.1) is 0 Å². The average molecular weight is 278 g/mol. The van der Waals surface area contributed by atoms with Crippen molar-refractivity contribution in [3.63, 3.8) is 0 Å². The van der Waals surface area contributed by atoms with Crippen LogP contribution in [-0.4, -0.2) is 21.5 Å². The number of nitrogens with zero attached hydrogens (tertiary/aromatic N) is 4. The van der Waals surface area contributed by atoms with Gasteiger partial charge in [-0.25, -0.2) is 0 Å². The Hall–Kier alpha value is -2.82. The summed E-state index contributed by atoms with van der Waals surface area (Å²) in [6, 6.07) is 16.4. The third kappa shape index (κ3) is 2.23. The lowest BCUT2D eigenvalue weighted by Crippen LogP contribution is -2.31. The maximum absolute atomic E-state index is 5.85. The molecule has 1 aliphatic rings. The smallest absolute Gasteiger partial charge is 0.161 e. The molecule has 0 bridgehead atoms. The van der Waals surface area contributed by atoms with Gasteiger partial charge in [0, 0.05) is 23.5 Å². The van der Waals surface area contributed by atoms with Gasteiger partial charge in [-0.1, -0.05) is 18.2 Å². The van der Waals surface area contributed by atoms with E-state index in [0.717, 1.165) is 29.2 Å². The molecule has 3 aromatic rings. The first-order valence-corrected chi connectivity index (χ1v) is 6.81. The first kappa shape index (κ1) is 12.0. The van der Waals surface area contributed by atoms with Gasteiger partial charge >= 0.3 is 0 Å². The molecule has 0 unspecified atom stereocenters. The third-order valence-electron chi connectivity index (χ3n) is 3.62. The zero-order chi connectivity index (χ0) is 14.1. The summed E-state index contributed by atoms with van der Waals surface area (Å²) < 4.78 is 7.74. The summed E-state index contributed by atoms with van der Waals surface area (Å²) in [4.78, 5) is 2.21. The van der Waals surface area contributed by atoms with Crippen molar-refractivity contribution in [2.24, 2.45) is 0 Å². The monoisotopic (exact) mass is 278 g/mol. The van der Waals surface area contributed by atoms with E-state index < -0.39 is 0 Å². The lowest BCUT2D eigenvalue weighted by Gasteiger charge is -2.31. The molecule has 2 aromatic carbocycles. The number of rotatable bonds is 2. The molecule has 0 saturated heterocycles. The summed E-state index contributed by atoms with van der Waals surface area (Å²) in [7, 11) is 0. The number of para-hydroxylation sites is 1. The van der Waals surface area contributed by atoms with E-state index in [1.54, 1.807) is 12.7 Å². The lowest BCUT2D eigenvalue weighted by atomic mass is 10.1. The Kier molecular flexibility index (Phi) is 2.81. The third-order valence-corrected chi connectivity index (χ3v) is 3.62. The summed E-state index contributed by atoms with van der Waals surface area (Å²) in [5.41, 5.74) is 3.37. The molecule has 0 aliphatic carbocycles. The zero-order valence-electron chi connectivity index (χ0n) is 11.4. The quantitative estimate of drug-likeness (QED) is 0.722. The molecule has 0 fully saturated rings. The fourth-order valence-electron chi connectivity index (χ4n) is 2.53. The fraction of sp³-hybridized carbons (Fsp3) is 0.125. The summed E-state index contributed by atoms with van der Waals surface area (Å²) in [5, 5.41) is 7.69. The Morgan fingerprint density at radius 2 is 1.71 bits per heavy atom. The van der Waals surface area contributed by atoms with Crippen LogP contribution in [0.4, 0.5) is 5.69 Å². The van der Waals surface area contributed by atoms with Gasteiger partial charge in [0.2, 0.25) is 0 Å². The zero-order valence-corrected chi connectivity index (χ0v) is 11.4. The molecule has 1 aromatic heterocycles. The van der Waals surface area contributed by atoms with E-state index in [9.17, 15) is 0 Å². The lowest BCUT2D eigenvalue weighted by molar-refractivity contribution is 0.289. The predicted molar refractivity (Wildman–Crippen MR) is 79.5 cm³/mol. The Balaban J connectivity index is 1.66. The second-order valence-corrected chi connectivity index (χ2v) is 4.97. The van der Waals surface area contributed by atoms with Gasteiger partial charge in [0.05, 0.1) is 0 Å². The normalized spacial score (nSPS) is 13.6. The highest BCUT2D eigenvalue weighted by atomic mass is 16.5. The molecule has 0 radical (unpaired) electrons. The number of benzene rings is 2. The molecule has 2 heterocycles. The van der Waals surface area contributed by atoms with E-state index in [-0.39, 0.29) is 0 Å². The number of aromatic nitrogens is 3. The van der Waals surface area contributed by atoms with Crippen molar-refractivity contribution in [1.82, 2.24) is 14.8 Å². The van der Waals surface area contributed by atoms with Crippen molar-refractivity contribution in [2.75, 3.05) is 11.6 Å². The Morgan fingerprint density at radius 1 is 0.905 bits per heavy atom. The SMILES string of the molecule is c1ccc(N2COc3ccc(-n4cnnc4)cc3C2)cc1. The van der Waals surface area contributed by atoms with Gasteiger partial charge in [-0.2, -0.15) is 0 Å². The van der Waals surface area contributed by atoms with Crippen LogP contribution in [0.5, 0.6) is 5.75 Å². The van der Waals surface area contributed by atoms with Crippen LogP contribution in [0.3, 0.4) is 0 Å². The van der Waals surface area contributed by atoms with Gasteiger partial charge in [-0.15, -0.1) is 10.2 Å². The van der Waals surface area contributed by atoms with Crippen molar-refractivity contribution < 1.29 is 4.74 Å². The van der Waals surface area contributed by atoms with E-state index in [0.29, 0.717) is 6.73 Å². The Labute approximate surface area is 122 Å². The second-order valence-electron chi connectivity index (χ2n) is 4.97. The molecule has 0 N–H and O–H groups in total. The highest BCUT2D eigenvalue weighted by Gasteiger charge is 2.18. The van der Waals surface area contributed by atoms with Crippen LogP contribution in [0.1, 0.15) is 5.56 Å². The maximum atomic E-state index is 5.85. The largest absolute Gasteiger partial charge is 0.473 e. The topological polar surface area (TPSA) is 43.2 Å². The summed E-state index contributed by atoms with van der Waals surface area (Å²) in [6.07, 6.45) is 3.39. The van der Waals surface area contributed by atoms with Crippen LogP contribution >= 0.6 is 0 Å². The molecule has 0 atom stereocenters. The number of hydrogen-bond donors (Lipinski definition) is 0. The van der Waals surface area contributed by atoms with E-state index in [1.807, 2.05) is 34.9 Å². The number of anilines is 1.